The second-order valence-electron chi connectivity index (χ2n) is 21.0. The fourth-order valence-corrected chi connectivity index (χ4v) is 14.0. The normalized spacial score (nSPS) is 50.8. The van der Waals surface area contributed by atoms with E-state index in [-0.39, 0.29) is 44.8 Å². The summed E-state index contributed by atoms with van der Waals surface area (Å²) in [6.07, 6.45) is 3.80. The molecule has 0 aromatic carbocycles. The minimum Gasteiger partial charge on any atom is -0.479 e. The number of ketones is 1. The maximum Gasteiger partial charge on any atom is 0.335 e. The van der Waals surface area contributed by atoms with Gasteiger partial charge in [0.25, 0.3) is 0 Å². The van der Waals surface area contributed by atoms with Gasteiger partial charge in [0.05, 0.1) is 36.8 Å². The SMILES string of the molecule is C#C.CC(=O)C12CCC(C)(C)CC1C1=CC[C@@H]3C4(C)CCC(OC5O[C@H](C(=O)O)[C@@H](O)C(O)[C@H]5OC5OC(CO)C(O)C(O)[C@H]5CO)[C@@](C)(C=O)[C@@H]4CCC3(C)[C@]1(C)CC2. The van der Waals surface area contributed by atoms with Crippen molar-refractivity contribution >= 4 is 18.0 Å². The van der Waals surface area contributed by atoms with Crippen molar-refractivity contribution in [2.75, 3.05) is 13.2 Å². The lowest BCUT2D eigenvalue weighted by Crippen LogP contribution is -2.67. The van der Waals surface area contributed by atoms with E-state index in [2.05, 4.69) is 53.5 Å². The number of aldehydes is 1. The number of carboxylic acid groups (broad SMARTS) is 1. The lowest BCUT2D eigenvalue weighted by molar-refractivity contribution is -0.370. The van der Waals surface area contributed by atoms with Gasteiger partial charge in [0.15, 0.2) is 18.7 Å². The summed E-state index contributed by atoms with van der Waals surface area (Å²) >= 11 is 0. The van der Waals surface area contributed by atoms with Crippen LogP contribution in [0.2, 0.25) is 0 Å². The summed E-state index contributed by atoms with van der Waals surface area (Å²) in [4.78, 5) is 39.4. The van der Waals surface area contributed by atoms with E-state index in [0.29, 0.717) is 18.6 Å². The van der Waals surface area contributed by atoms with E-state index in [1.165, 1.54) is 5.57 Å². The zero-order valence-corrected chi connectivity index (χ0v) is 36.4. The van der Waals surface area contributed by atoms with Crippen molar-refractivity contribution in [2.45, 2.75) is 174 Å². The van der Waals surface area contributed by atoms with Crippen molar-refractivity contribution in [3.05, 3.63) is 11.6 Å². The summed E-state index contributed by atoms with van der Waals surface area (Å²) in [5.74, 6) is -2.20. The molecule has 7 rings (SSSR count). The predicted octanol–water partition coefficient (Wildman–Crippen LogP) is 3.15. The molecule has 7 N–H and O–H groups in total. The number of rotatable bonds is 9. The molecule has 4 saturated carbocycles. The molecule has 14 nitrogen and oxygen atoms in total. The molecular formula is C46H70O14. The number of terminal acetylenes is 1. The summed E-state index contributed by atoms with van der Waals surface area (Å²) < 4.78 is 24.2. The average molecular weight is 847 g/mol. The fourth-order valence-electron chi connectivity index (χ4n) is 14.0. The molecule has 2 aliphatic heterocycles. The first-order valence-corrected chi connectivity index (χ1v) is 21.9. The number of carbonyl (C=O) groups excluding carboxylic acids is 2. The molecule has 5 aliphatic carbocycles. The van der Waals surface area contributed by atoms with Crippen LogP contribution in [-0.4, -0.2) is 128 Å². The van der Waals surface area contributed by atoms with Crippen LogP contribution in [0.3, 0.4) is 0 Å². The van der Waals surface area contributed by atoms with Gasteiger partial charge in [-0.05, 0) is 111 Å². The fraction of sp³-hybridized carbons (Fsp3) is 0.848. The molecule has 0 spiro atoms. The van der Waals surface area contributed by atoms with Crippen LogP contribution < -0.4 is 0 Å². The molecule has 7 aliphatic rings. The van der Waals surface area contributed by atoms with E-state index in [1.54, 1.807) is 6.92 Å². The average Bonchev–Trinajstić information content (AvgIpc) is 3.20. The maximum absolute atomic E-state index is 13.6. The molecule has 11 unspecified atom stereocenters. The van der Waals surface area contributed by atoms with E-state index >= 15 is 0 Å². The highest BCUT2D eigenvalue weighted by molar-refractivity contribution is 5.84. The van der Waals surface area contributed by atoms with Crippen LogP contribution >= 0.6 is 0 Å². The van der Waals surface area contributed by atoms with Gasteiger partial charge >= 0.3 is 5.97 Å². The minimum absolute atomic E-state index is 0.0987. The van der Waals surface area contributed by atoms with Gasteiger partial charge in [0.2, 0.25) is 0 Å². The molecule has 0 aromatic rings. The Kier molecular flexibility index (Phi) is 13.1. The Morgan fingerprint density at radius 1 is 0.817 bits per heavy atom. The number of hydrogen-bond acceptors (Lipinski definition) is 13. The standard InChI is InChI=1S/C44H68O14.C2H2/c1-22(48)44-16-14-39(2,3)18-25(44)24-8-9-28-40(4)12-11-29(41(5,21-47)27(40)10-13-43(28,7)42(24,6)15-17-44)56-38-35(33(52)32(51)34(57-38)36(53)54)58-37-23(19-45)30(49)31(50)26(20-46)55-37;1-2/h8,21,23,25-35,37-38,45-46,49-52H,9-20H2,1-7H3,(H,53,54);1-2H/t23-,25?,26?,27-,28-,29?,30?,31?,32+,33?,34+,35-,37?,38?,40?,41+,42-,43?,44?;/m1./s1. The highest BCUT2D eigenvalue weighted by Crippen LogP contribution is 2.76. The molecule has 19 atom stereocenters. The number of aliphatic hydroxyl groups excluding tert-OH is 6. The van der Waals surface area contributed by atoms with Crippen molar-refractivity contribution in [1.82, 2.24) is 0 Å². The van der Waals surface area contributed by atoms with E-state index in [1.807, 2.05) is 6.92 Å². The van der Waals surface area contributed by atoms with Gasteiger partial charge in [-0.3, -0.25) is 4.79 Å². The molecule has 0 amide bonds. The molecule has 14 heteroatoms. The van der Waals surface area contributed by atoms with Crippen molar-refractivity contribution in [1.29, 1.82) is 0 Å². The zero-order chi connectivity index (χ0) is 44.5. The monoisotopic (exact) mass is 846 g/mol. The lowest BCUT2D eigenvalue weighted by atomic mass is 9.33. The summed E-state index contributed by atoms with van der Waals surface area (Å²) in [6.45, 7) is 14.1. The Balaban J connectivity index is 0.00000297. The highest BCUT2D eigenvalue weighted by Gasteiger charge is 2.70. The van der Waals surface area contributed by atoms with E-state index in [9.17, 15) is 50.1 Å². The third-order valence-corrected chi connectivity index (χ3v) is 17.8. The third-order valence-electron chi connectivity index (χ3n) is 17.8. The Bertz CT molecular complexity index is 1680. The van der Waals surface area contributed by atoms with Gasteiger partial charge in [-0.2, -0.15) is 0 Å². The van der Waals surface area contributed by atoms with Crippen LogP contribution in [0.15, 0.2) is 11.6 Å². The predicted molar refractivity (Wildman–Crippen MR) is 216 cm³/mol. The Labute approximate surface area is 354 Å². The molecule has 2 saturated heterocycles. The molecule has 0 aromatic heterocycles. The first kappa shape index (κ1) is 47.2. The van der Waals surface area contributed by atoms with Crippen LogP contribution in [0.1, 0.15) is 113 Å². The number of aliphatic hydroxyl groups is 6. The molecule has 2 heterocycles. The van der Waals surface area contributed by atoms with Gasteiger partial charge in [-0.1, -0.05) is 53.2 Å². The van der Waals surface area contributed by atoms with Crippen molar-refractivity contribution in [2.24, 2.45) is 56.2 Å². The lowest BCUT2D eigenvalue weighted by Gasteiger charge is -2.71. The van der Waals surface area contributed by atoms with E-state index < -0.39 is 91.9 Å². The van der Waals surface area contributed by atoms with Crippen molar-refractivity contribution in [3.8, 4) is 12.8 Å². The Hall–Kier alpha value is -2.29. The van der Waals surface area contributed by atoms with E-state index in [4.69, 9.17) is 18.9 Å². The molecule has 6 fully saturated rings. The van der Waals surface area contributed by atoms with E-state index in [0.717, 1.165) is 57.7 Å². The minimum atomic E-state index is -1.98. The summed E-state index contributed by atoms with van der Waals surface area (Å²) in [5.41, 5.74) is -0.309. The molecule has 0 bridgehead atoms. The van der Waals surface area contributed by atoms with Crippen molar-refractivity contribution in [3.63, 3.8) is 0 Å². The Morgan fingerprint density at radius 3 is 2.08 bits per heavy atom. The number of hydrogen-bond donors (Lipinski definition) is 7. The topological polar surface area (TPSA) is 230 Å². The smallest absolute Gasteiger partial charge is 0.335 e. The van der Waals surface area contributed by atoms with Gasteiger partial charge in [0.1, 0.15) is 42.6 Å². The van der Waals surface area contributed by atoms with Crippen molar-refractivity contribution < 1.29 is 69.1 Å². The quantitative estimate of drug-likeness (QED) is 0.0766. The van der Waals surface area contributed by atoms with Crippen LogP contribution in [0, 0.1) is 69.0 Å². The summed E-state index contributed by atoms with van der Waals surface area (Å²) in [5, 5.41) is 73.3. The largest absolute Gasteiger partial charge is 0.479 e. The second-order valence-corrected chi connectivity index (χ2v) is 21.0. The van der Waals surface area contributed by atoms with Gasteiger partial charge in [-0.25, -0.2) is 4.79 Å². The molecule has 0 radical (unpaired) electrons. The number of Topliss-reactive ketones (excluding diaryl/α,β-unsaturated/α-hetero) is 1. The molecule has 338 valence electrons. The summed E-state index contributed by atoms with van der Waals surface area (Å²) in [6, 6.07) is 0. The van der Waals surface area contributed by atoms with Crippen LogP contribution in [0.5, 0.6) is 0 Å². The maximum atomic E-state index is 13.6. The first-order valence-electron chi connectivity index (χ1n) is 21.9. The molecule has 60 heavy (non-hydrogen) atoms. The zero-order valence-electron chi connectivity index (χ0n) is 36.4. The summed E-state index contributed by atoms with van der Waals surface area (Å²) in [7, 11) is 0. The second kappa shape index (κ2) is 16.7. The number of carboxylic acids is 1. The first-order chi connectivity index (χ1) is 28.1. The van der Waals surface area contributed by atoms with Crippen LogP contribution in [0.25, 0.3) is 0 Å². The number of fused-ring (bicyclic) bond motifs is 7. The molecular weight excluding hydrogens is 776 g/mol. The van der Waals surface area contributed by atoms with Crippen LogP contribution in [-0.2, 0) is 33.3 Å². The highest BCUT2D eigenvalue weighted by atomic mass is 16.8. The van der Waals surface area contributed by atoms with Gasteiger partial charge < -0.3 is 59.5 Å². The number of aliphatic carboxylic acids is 1. The number of carbonyl (C=O) groups is 3. The van der Waals surface area contributed by atoms with Crippen LogP contribution in [0.4, 0.5) is 0 Å². The van der Waals surface area contributed by atoms with Gasteiger partial charge in [0, 0.05) is 5.41 Å². The van der Waals surface area contributed by atoms with Gasteiger partial charge in [-0.15, -0.1) is 12.8 Å². The third kappa shape index (κ3) is 7.06. The number of allylic oxidation sites excluding steroid dienone is 2. The number of ether oxygens (including phenoxy) is 4. The Morgan fingerprint density at radius 2 is 1.48 bits per heavy atom.